The summed E-state index contributed by atoms with van der Waals surface area (Å²) in [6, 6.07) is 4.66. The first-order chi connectivity index (χ1) is 11.5. The van der Waals surface area contributed by atoms with Gasteiger partial charge in [0, 0.05) is 38.9 Å². The van der Waals surface area contributed by atoms with Crippen molar-refractivity contribution in [2.45, 2.75) is 18.2 Å². The summed E-state index contributed by atoms with van der Waals surface area (Å²) in [5, 5.41) is 3.25. The highest BCUT2D eigenvalue weighted by molar-refractivity contribution is 7.89. The van der Waals surface area contributed by atoms with Gasteiger partial charge in [-0.25, -0.2) is 13.1 Å². The Morgan fingerprint density at radius 2 is 2.08 bits per heavy atom. The second-order valence-corrected chi connectivity index (χ2v) is 7.53. The van der Waals surface area contributed by atoms with Crippen LogP contribution in [-0.4, -0.2) is 65.7 Å². The predicted molar refractivity (Wildman–Crippen MR) is 98.9 cm³/mol. The smallest absolute Gasteiger partial charge is 0.254 e. The Kier molecular flexibility index (Phi) is 8.81. The average molecular weight is 392 g/mol. The summed E-state index contributed by atoms with van der Waals surface area (Å²) >= 11 is 0. The van der Waals surface area contributed by atoms with Gasteiger partial charge in [0.15, 0.2) is 0 Å². The highest BCUT2D eigenvalue weighted by Crippen LogP contribution is 2.18. The van der Waals surface area contributed by atoms with Crippen LogP contribution < -0.4 is 10.0 Å². The molecule has 0 unspecified atom stereocenters. The first-order valence-corrected chi connectivity index (χ1v) is 9.53. The van der Waals surface area contributed by atoms with E-state index in [1.165, 1.54) is 19.2 Å². The van der Waals surface area contributed by atoms with Gasteiger partial charge in [0.2, 0.25) is 10.0 Å². The van der Waals surface area contributed by atoms with Crippen molar-refractivity contribution in [1.82, 2.24) is 14.9 Å². The summed E-state index contributed by atoms with van der Waals surface area (Å²) in [5.41, 5.74) is 1.21. The van der Waals surface area contributed by atoms with Crippen LogP contribution in [0.15, 0.2) is 23.1 Å². The fourth-order valence-corrected chi connectivity index (χ4v) is 3.62. The van der Waals surface area contributed by atoms with E-state index >= 15 is 0 Å². The van der Waals surface area contributed by atoms with Gasteiger partial charge in [0.1, 0.15) is 0 Å². The molecule has 1 aliphatic rings. The van der Waals surface area contributed by atoms with Crippen molar-refractivity contribution in [3.05, 3.63) is 29.3 Å². The Labute approximate surface area is 155 Å². The highest BCUT2D eigenvalue weighted by Gasteiger charge is 2.22. The van der Waals surface area contributed by atoms with E-state index in [1.54, 1.807) is 11.0 Å². The second-order valence-electron chi connectivity index (χ2n) is 5.76. The molecule has 0 aliphatic carbocycles. The molecule has 2 rings (SSSR count). The maximum atomic E-state index is 12.8. The maximum Gasteiger partial charge on any atom is 0.254 e. The van der Waals surface area contributed by atoms with Crippen molar-refractivity contribution in [1.29, 1.82) is 0 Å². The topological polar surface area (TPSA) is 87.7 Å². The fourth-order valence-electron chi connectivity index (χ4n) is 2.58. The van der Waals surface area contributed by atoms with Gasteiger partial charge >= 0.3 is 0 Å². The lowest BCUT2D eigenvalue weighted by molar-refractivity contribution is 0.0765. The van der Waals surface area contributed by atoms with Crippen LogP contribution in [0, 0.1) is 6.92 Å². The van der Waals surface area contributed by atoms with Crippen LogP contribution >= 0.6 is 12.4 Å². The first-order valence-electron chi connectivity index (χ1n) is 8.05. The van der Waals surface area contributed by atoms with Crippen molar-refractivity contribution in [2.24, 2.45) is 0 Å². The van der Waals surface area contributed by atoms with Crippen molar-refractivity contribution >= 4 is 28.3 Å². The molecule has 1 aromatic rings. The van der Waals surface area contributed by atoms with E-state index in [4.69, 9.17) is 4.74 Å². The zero-order valence-electron chi connectivity index (χ0n) is 14.6. The van der Waals surface area contributed by atoms with Crippen LogP contribution in [0.25, 0.3) is 0 Å². The van der Waals surface area contributed by atoms with Gasteiger partial charge in [0.05, 0.1) is 11.5 Å². The lowest BCUT2D eigenvalue weighted by atomic mass is 10.1. The van der Waals surface area contributed by atoms with E-state index in [2.05, 4.69) is 10.0 Å². The molecule has 1 amide bonds. The van der Waals surface area contributed by atoms with Gasteiger partial charge in [-0.15, -0.1) is 12.4 Å². The minimum Gasteiger partial charge on any atom is -0.383 e. The summed E-state index contributed by atoms with van der Waals surface area (Å²) in [7, 11) is -2.15. The normalized spacial score (nSPS) is 15.4. The Balaban J connectivity index is 0.00000312. The number of aryl methyl sites for hydroxylation is 1. The van der Waals surface area contributed by atoms with Gasteiger partial charge in [-0.2, -0.15) is 0 Å². The summed E-state index contributed by atoms with van der Waals surface area (Å²) in [4.78, 5) is 14.6. The third-order valence-electron chi connectivity index (χ3n) is 3.98. The number of sulfonamides is 1. The number of hydrogen-bond acceptors (Lipinski definition) is 5. The van der Waals surface area contributed by atoms with Gasteiger partial charge in [-0.05, 0) is 37.6 Å². The molecule has 1 fully saturated rings. The number of carbonyl (C=O) groups excluding carboxylic acids is 1. The molecule has 1 aromatic carbocycles. The van der Waals surface area contributed by atoms with Crippen LogP contribution in [0.1, 0.15) is 22.3 Å². The standard InChI is InChI=1S/C16H25N3O4S.ClH/c1-13-4-5-14(24(21,22)18-8-11-23-2)12-15(13)16(20)19-9-3-6-17-7-10-19;/h4-5,12,17-18H,3,6-11H2,1-2H3;1H. The minimum atomic E-state index is -3.66. The van der Waals surface area contributed by atoms with Gasteiger partial charge in [-0.1, -0.05) is 6.07 Å². The third-order valence-corrected chi connectivity index (χ3v) is 5.43. The van der Waals surface area contributed by atoms with Crippen molar-refractivity contribution < 1.29 is 17.9 Å². The van der Waals surface area contributed by atoms with E-state index in [1.807, 2.05) is 6.92 Å². The summed E-state index contributed by atoms with van der Waals surface area (Å²) < 4.78 is 32.0. The van der Waals surface area contributed by atoms with Crippen LogP contribution in [0.2, 0.25) is 0 Å². The highest BCUT2D eigenvalue weighted by atomic mass is 35.5. The van der Waals surface area contributed by atoms with Gasteiger partial charge < -0.3 is 15.0 Å². The SMILES string of the molecule is COCCNS(=O)(=O)c1ccc(C)c(C(=O)N2CCCNCC2)c1.Cl. The molecular formula is C16H26ClN3O4S. The molecule has 1 aliphatic heterocycles. The molecular weight excluding hydrogens is 366 g/mol. The van der Waals surface area contributed by atoms with Crippen LogP contribution in [0.5, 0.6) is 0 Å². The van der Waals surface area contributed by atoms with Gasteiger partial charge in [-0.3, -0.25) is 4.79 Å². The number of nitrogens with one attached hydrogen (secondary N) is 2. The van der Waals surface area contributed by atoms with Crippen LogP contribution in [-0.2, 0) is 14.8 Å². The molecule has 25 heavy (non-hydrogen) atoms. The van der Waals surface area contributed by atoms with Crippen LogP contribution in [0.4, 0.5) is 0 Å². The predicted octanol–water partition coefficient (Wildman–Crippen LogP) is 0.777. The Morgan fingerprint density at radius 1 is 1.32 bits per heavy atom. The summed E-state index contributed by atoms with van der Waals surface area (Å²) in [5.74, 6) is -0.120. The van der Waals surface area contributed by atoms with E-state index < -0.39 is 10.0 Å². The van der Waals surface area contributed by atoms with Gasteiger partial charge in [0.25, 0.3) is 5.91 Å². The lowest BCUT2D eigenvalue weighted by Crippen LogP contribution is -2.35. The summed E-state index contributed by atoms with van der Waals surface area (Å²) in [6.07, 6.45) is 0.890. The molecule has 9 heteroatoms. The van der Waals surface area contributed by atoms with E-state index in [-0.39, 0.29) is 36.4 Å². The number of ether oxygens (including phenoxy) is 1. The van der Waals surface area contributed by atoms with Crippen molar-refractivity contribution in [2.75, 3.05) is 46.4 Å². The second kappa shape index (κ2) is 10.1. The monoisotopic (exact) mass is 391 g/mol. The molecule has 0 atom stereocenters. The molecule has 0 saturated carbocycles. The molecule has 1 saturated heterocycles. The molecule has 2 N–H and O–H groups in total. The zero-order chi connectivity index (χ0) is 17.6. The number of methoxy groups -OCH3 is 1. The maximum absolute atomic E-state index is 12.8. The third kappa shape index (κ3) is 5.93. The largest absolute Gasteiger partial charge is 0.383 e. The average Bonchev–Trinajstić information content (AvgIpc) is 2.84. The van der Waals surface area contributed by atoms with Crippen molar-refractivity contribution in [3.8, 4) is 0 Å². The van der Waals surface area contributed by atoms with E-state index in [0.717, 1.165) is 25.1 Å². The van der Waals surface area contributed by atoms with Crippen molar-refractivity contribution in [3.63, 3.8) is 0 Å². The Bertz CT molecular complexity index is 674. The Morgan fingerprint density at radius 3 is 2.80 bits per heavy atom. The number of halogens is 1. The molecule has 0 bridgehead atoms. The van der Waals surface area contributed by atoms with Crippen LogP contribution in [0.3, 0.4) is 0 Å². The number of benzene rings is 1. The quantitative estimate of drug-likeness (QED) is 0.699. The number of carbonyl (C=O) groups is 1. The number of rotatable bonds is 6. The number of nitrogens with zero attached hydrogens (tertiary/aromatic N) is 1. The van der Waals surface area contributed by atoms with E-state index in [0.29, 0.717) is 18.7 Å². The number of amides is 1. The first kappa shape index (κ1) is 21.9. The fraction of sp³-hybridized carbons (Fsp3) is 0.562. The number of hydrogen-bond donors (Lipinski definition) is 2. The Hall–Kier alpha value is -1.19. The molecule has 0 spiro atoms. The minimum absolute atomic E-state index is 0. The summed E-state index contributed by atoms with van der Waals surface area (Å²) in [6.45, 7) is 5.24. The lowest BCUT2D eigenvalue weighted by Gasteiger charge is -2.21. The van der Waals surface area contributed by atoms with E-state index in [9.17, 15) is 13.2 Å². The molecule has 1 heterocycles. The zero-order valence-corrected chi connectivity index (χ0v) is 16.2. The molecule has 0 aromatic heterocycles. The molecule has 7 nitrogen and oxygen atoms in total. The molecule has 142 valence electrons. The molecule has 0 radical (unpaired) electrons.